The lowest BCUT2D eigenvalue weighted by atomic mass is 9.90. The second-order valence-corrected chi connectivity index (χ2v) is 8.62. The number of oxazole rings is 1. The van der Waals surface area contributed by atoms with Crippen molar-refractivity contribution in [2.75, 3.05) is 14.2 Å². The Hall–Kier alpha value is -2.37. The van der Waals surface area contributed by atoms with Gasteiger partial charge in [-0.2, -0.15) is 0 Å². The minimum atomic E-state index is -0.546. The van der Waals surface area contributed by atoms with E-state index in [1.165, 1.54) is 18.4 Å². The zero-order valence-corrected chi connectivity index (χ0v) is 19.2. The summed E-state index contributed by atoms with van der Waals surface area (Å²) in [6.07, 6.45) is 6.01. The van der Waals surface area contributed by atoms with Crippen molar-refractivity contribution in [1.82, 2.24) is 4.98 Å². The van der Waals surface area contributed by atoms with E-state index in [1.807, 2.05) is 6.07 Å². The molecule has 0 N–H and O–H groups in total. The highest BCUT2D eigenvalue weighted by molar-refractivity contribution is 5.96. The number of benzene rings is 1. The number of hydrogen-bond donors (Lipinski definition) is 0. The molecule has 0 aliphatic carbocycles. The molecule has 0 saturated heterocycles. The Bertz CT molecular complexity index is 916. The maximum atomic E-state index is 5.89. The third kappa shape index (κ3) is 4.85. The maximum Gasteiger partial charge on any atom is 0.212 e. The fourth-order valence-corrected chi connectivity index (χ4v) is 3.91. The monoisotopic (exact) mass is 413 g/mol. The van der Waals surface area contributed by atoms with Crippen molar-refractivity contribution < 1.29 is 13.9 Å². The zero-order valence-electron chi connectivity index (χ0n) is 19.2. The predicted octanol–water partition coefficient (Wildman–Crippen LogP) is 5.38. The van der Waals surface area contributed by atoms with E-state index in [0.717, 1.165) is 42.7 Å². The first-order valence-electron chi connectivity index (χ1n) is 11.0. The Morgan fingerprint density at radius 2 is 1.93 bits per heavy atom. The van der Waals surface area contributed by atoms with E-state index in [9.17, 15) is 0 Å². The van der Waals surface area contributed by atoms with Crippen LogP contribution in [0.2, 0.25) is 0 Å². The number of ether oxygens (including phenoxy) is 2. The molecule has 1 aliphatic heterocycles. The molecule has 0 amide bonds. The summed E-state index contributed by atoms with van der Waals surface area (Å²) in [6, 6.07) is 6.15. The third-order valence-electron chi connectivity index (χ3n) is 5.75. The van der Waals surface area contributed by atoms with Gasteiger partial charge in [-0.15, -0.1) is 0 Å². The van der Waals surface area contributed by atoms with Gasteiger partial charge < -0.3 is 13.9 Å². The lowest BCUT2D eigenvalue weighted by Crippen LogP contribution is -2.44. The molecule has 2 atom stereocenters. The van der Waals surface area contributed by atoms with Crippen LogP contribution in [0.3, 0.4) is 0 Å². The van der Waals surface area contributed by atoms with E-state index < -0.39 is 5.54 Å². The largest absolute Gasteiger partial charge is 0.483 e. The van der Waals surface area contributed by atoms with Crippen LogP contribution in [-0.4, -0.2) is 42.6 Å². The van der Waals surface area contributed by atoms with Gasteiger partial charge >= 0.3 is 0 Å². The first kappa shape index (κ1) is 22.3. The summed E-state index contributed by atoms with van der Waals surface area (Å²) in [5.74, 6) is 2.47. The van der Waals surface area contributed by atoms with E-state index in [0.29, 0.717) is 17.7 Å². The lowest BCUT2D eigenvalue weighted by Gasteiger charge is -2.33. The highest BCUT2D eigenvalue weighted by Gasteiger charge is 2.39. The van der Waals surface area contributed by atoms with Gasteiger partial charge in [-0.25, -0.2) is 15.0 Å². The molecule has 1 aromatic carbocycles. The fraction of sp³-hybridized carbons (Fsp3) is 0.625. The summed E-state index contributed by atoms with van der Waals surface area (Å²) >= 11 is 0. The topological polar surface area (TPSA) is 69.2 Å². The van der Waals surface area contributed by atoms with E-state index >= 15 is 0 Å². The summed E-state index contributed by atoms with van der Waals surface area (Å²) < 4.78 is 17.1. The van der Waals surface area contributed by atoms with Crippen LogP contribution >= 0.6 is 0 Å². The molecule has 0 unspecified atom stereocenters. The molecular weight excluding hydrogens is 378 g/mol. The zero-order chi connectivity index (χ0) is 21.7. The van der Waals surface area contributed by atoms with Gasteiger partial charge in [0.05, 0.1) is 14.2 Å². The number of aryl methyl sites for hydroxylation is 2. The smallest absolute Gasteiger partial charge is 0.212 e. The second kappa shape index (κ2) is 9.63. The molecule has 0 radical (unpaired) electrons. The van der Waals surface area contributed by atoms with Crippen LogP contribution in [0.1, 0.15) is 64.8 Å². The second-order valence-electron chi connectivity index (χ2n) is 8.62. The van der Waals surface area contributed by atoms with Gasteiger partial charge in [0.1, 0.15) is 17.1 Å². The van der Waals surface area contributed by atoms with Crippen LogP contribution in [0.5, 0.6) is 0 Å². The molecule has 30 heavy (non-hydrogen) atoms. The van der Waals surface area contributed by atoms with Crippen LogP contribution in [0, 0.1) is 5.92 Å². The van der Waals surface area contributed by atoms with Crippen molar-refractivity contribution in [3.8, 4) is 0 Å². The SMILES string of the molecule is CCCCCc1nc2cc(CC[C@@]3(C)N=C(OC)[C@H](C(C)C)N=C3OC)ccc2o1. The van der Waals surface area contributed by atoms with Crippen LogP contribution in [0.4, 0.5) is 0 Å². The van der Waals surface area contributed by atoms with Crippen LogP contribution in [0.15, 0.2) is 32.6 Å². The summed E-state index contributed by atoms with van der Waals surface area (Å²) in [5.41, 5.74) is 2.44. The Labute approximate surface area is 179 Å². The third-order valence-corrected chi connectivity index (χ3v) is 5.75. The number of unbranched alkanes of at least 4 members (excludes halogenated alkanes) is 2. The van der Waals surface area contributed by atoms with Crippen LogP contribution in [0.25, 0.3) is 11.1 Å². The number of hydrogen-bond acceptors (Lipinski definition) is 6. The predicted molar refractivity (Wildman–Crippen MR) is 121 cm³/mol. The normalized spacial score (nSPS) is 21.6. The summed E-state index contributed by atoms with van der Waals surface area (Å²) in [5, 5.41) is 0. The highest BCUT2D eigenvalue weighted by atomic mass is 16.5. The van der Waals surface area contributed by atoms with Crippen molar-refractivity contribution in [2.45, 2.75) is 77.8 Å². The Kier molecular flexibility index (Phi) is 7.16. The minimum Gasteiger partial charge on any atom is -0.483 e. The molecule has 1 aromatic heterocycles. The van der Waals surface area contributed by atoms with Gasteiger partial charge in [-0.3, -0.25) is 0 Å². The molecule has 0 saturated carbocycles. The summed E-state index contributed by atoms with van der Waals surface area (Å²) in [7, 11) is 3.34. The Balaban J connectivity index is 1.75. The molecule has 0 spiro atoms. The molecule has 164 valence electrons. The van der Waals surface area contributed by atoms with Crippen molar-refractivity contribution in [3.63, 3.8) is 0 Å². The Morgan fingerprint density at radius 3 is 2.60 bits per heavy atom. The average Bonchev–Trinajstić information content (AvgIpc) is 3.14. The van der Waals surface area contributed by atoms with Crippen molar-refractivity contribution in [2.24, 2.45) is 15.9 Å². The van der Waals surface area contributed by atoms with Gasteiger partial charge in [0, 0.05) is 6.42 Å². The molecular formula is C24H35N3O3. The number of aromatic nitrogens is 1. The number of fused-ring (bicyclic) bond motifs is 1. The van der Waals surface area contributed by atoms with Gasteiger partial charge in [0.15, 0.2) is 11.5 Å². The molecule has 2 aromatic rings. The number of methoxy groups -OCH3 is 2. The van der Waals surface area contributed by atoms with E-state index in [4.69, 9.17) is 23.9 Å². The van der Waals surface area contributed by atoms with Gasteiger partial charge in [-0.05, 0) is 49.8 Å². The Morgan fingerprint density at radius 1 is 1.13 bits per heavy atom. The molecule has 1 aliphatic rings. The number of aliphatic imine (C=N–C) groups is 2. The van der Waals surface area contributed by atoms with Crippen molar-refractivity contribution >= 4 is 22.9 Å². The van der Waals surface area contributed by atoms with Gasteiger partial charge in [-0.1, -0.05) is 39.7 Å². The fourth-order valence-electron chi connectivity index (χ4n) is 3.91. The van der Waals surface area contributed by atoms with E-state index in [2.05, 4.69) is 44.8 Å². The quantitative estimate of drug-likeness (QED) is 0.545. The molecule has 2 heterocycles. The van der Waals surface area contributed by atoms with Crippen molar-refractivity contribution in [3.05, 3.63) is 29.7 Å². The highest BCUT2D eigenvalue weighted by Crippen LogP contribution is 2.29. The van der Waals surface area contributed by atoms with E-state index in [-0.39, 0.29) is 6.04 Å². The first-order chi connectivity index (χ1) is 14.4. The molecule has 6 heteroatoms. The van der Waals surface area contributed by atoms with Crippen LogP contribution < -0.4 is 0 Å². The van der Waals surface area contributed by atoms with Crippen LogP contribution in [-0.2, 0) is 22.3 Å². The first-order valence-corrected chi connectivity index (χ1v) is 11.0. The van der Waals surface area contributed by atoms with Gasteiger partial charge in [0.25, 0.3) is 0 Å². The van der Waals surface area contributed by atoms with E-state index in [1.54, 1.807) is 14.2 Å². The molecule has 0 bridgehead atoms. The number of nitrogens with zero attached hydrogens (tertiary/aromatic N) is 3. The average molecular weight is 414 g/mol. The molecule has 3 rings (SSSR count). The van der Waals surface area contributed by atoms with Crippen molar-refractivity contribution in [1.29, 1.82) is 0 Å². The summed E-state index contributed by atoms with van der Waals surface area (Å²) in [4.78, 5) is 14.4. The standard InChI is InChI=1S/C24H35N3O3/c1-7-8-9-10-20-25-18-15-17(11-12-19(18)30-20)13-14-24(4)23(29-6)26-21(16(2)3)22(27-24)28-5/h11-12,15-16,21H,7-10,13-14H2,1-6H3/t21-,24+/m0/s1. The molecule has 6 nitrogen and oxygen atoms in total. The minimum absolute atomic E-state index is 0.101. The molecule has 0 fully saturated rings. The maximum absolute atomic E-state index is 5.89. The lowest BCUT2D eigenvalue weighted by molar-refractivity contribution is 0.305. The number of rotatable bonds is 8. The van der Waals surface area contributed by atoms with Gasteiger partial charge in [0.2, 0.25) is 11.8 Å². The summed E-state index contributed by atoms with van der Waals surface area (Å²) in [6.45, 7) is 8.49.